The lowest BCUT2D eigenvalue weighted by molar-refractivity contribution is 0.834. The SMILES string of the molecule is N#Cc1ccc2ccn(Cc3ccnc(C#N)c3)c2c1. The van der Waals surface area contributed by atoms with Crippen LogP contribution in [0.25, 0.3) is 10.9 Å². The second-order valence-electron chi connectivity index (χ2n) is 4.49. The summed E-state index contributed by atoms with van der Waals surface area (Å²) in [5.41, 5.74) is 3.08. The predicted molar refractivity (Wildman–Crippen MR) is 74.7 cm³/mol. The Balaban J connectivity index is 2.02. The molecule has 4 nitrogen and oxygen atoms in total. The van der Waals surface area contributed by atoms with Crippen molar-refractivity contribution in [1.29, 1.82) is 10.5 Å². The van der Waals surface area contributed by atoms with E-state index >= 15 is 0 Å². The highest BCUT2D eigenvalue weighted by Gasteiger charge is 2.04. The molecule has 0 aliphatic heterocycles. The Morgan fingerprint density at radius 3 is 2.75 bits per heavy atom. The molecule has 0 amide bonds. The van der Waals surface area contributed by atoms with Crippen LogP contribution in [0.2, 0.25) is 0 Å². The van der Waals surface area contributed by atoms with Crippen LogP contribution >= 0.6 is 0 Å². The molecule has 0 atom stereocenters. The molecule has 1 aromatic carbocycles. The van der Waals surface area contributed by atoms with Crippen LogP contribution in [0.3, 0.4) is 0 Å². The molecule has 94 valence electrons. The van der Waals surface area contributed by atoms with Crippen molar-refractivity contribution in [2.45, 2.75) is 6.54 Å². The van der Waals surface area contributed by atoms with Gasteiger partial charge in [0, 0.05) is 24.5 Å². The van der Waals surface area contributed by atoms with Gasteiger partial charge in [0.2, 0.25) is 0 Å². The van der Waals surface area contributed by atoms with E-state index in [0.29, 0.717) is 17.8 Å². The first-order valence-electron chi connectivity index (χ1n) is 6.14. The molecule has 0 spiro atoms. The van der Waals surface area contributed by atoms with Crippen molar-refractivity contribution in [3.63, 3.8) is 0 Å². The molecule has 0 unspecified atom stereocenters. The number of rotatable bonds is 2. The van der Waals surface area contributed by atoms with Gasteiger partial charge in [0.25, 0.3) is 0 Å². The Kier molecular flexibility index (Phi) is 2.91. The van der Waals surface area contributed by atoms with Crippen LogP contribution in [0.1, 0.15) is 16.8 Å². The van der Waals surface area contributed by atoms with Crippen molar-refractivity contribution in [2.75, 3.05) is 0 Å². The molecule has 3 rings (SSSR count). The number of aromatic nitrogens is 2. The average molecular weight is 258 g/mol. The van der Waals surface area contributed by atoms with E-state index < -0.39 is 0 Å². The highest BCUT2D eigenvalue weighted by Crippen LogP contribution is 2.19. The zero-order chi connectivity index (χ0) is 13.9. The smallest absolute Gasteiger partial charge is 0.140 e. The molecular formula is C16H10N4. The third-order valence-corrected chi connectivity index (χ3v) is 3.19. The Bertz CT molecular complexity index is 862. The predicted octanol–water partition coefficient (Wildman–Crippen LogP) is 2.83. The number of pyridine rings is 1. The number of hydrogen-bond donors (Lipinski definition) is 0. The van der Waals surface area contributed by atoms with E-state index in [1.54, 1.807) is 12.3 Å². The normalized spacial score (nSPS) is 10.1. The van der Waals surface area contributed by atoms with Gasteiger partial charge in [0.1, 0.15) is 11.8 Å². The molecule has 0 saturated heterocycles. The van der Waals surface area contributed by atoms with Gasteiger partial charge in [-0.15, -0.1) is 0 Å². The molecule has 0 aliphatic carbocycles. The van der Waals surface area contributed by atoms with Gasteiger partial charge < -0.3 is 4.57 Å². The number of nitriles is 2. The molecule has 20 heavy (non-hydrogen) atoms. The first-order valence-corrected chi connectivity index (χ1v) is 6.14. The van der Waals surface area contributed by atoms with Crippen molar-refractivity contribution in [3.8, 4) is 12.1 Å². The number of benzene rings is 1. The summed E-state index contributed by atoms with van der Waals surface area (Å²) in [6.07, 6.45) is 3.62. The van der Waals surface area contributed by atoms with Crippen LogP contribution in [0, 0.1) is 22.7 Å². The Morgan fingerprint density at radius 1 is 1.05 bits per heavy atom. The summed E-state index contributed by atoms with van der Waals surface area (Å²) in [5, 5.41) is 18.9. The summed E-state index contributed by atoms with van der Waals surface area (Å²) in [7, 11) is 0. The van der Waals surface area contributed by atoms with Gasteiger partial charge >= 0.3 is 0 Å². The molecule has 4 heteroatoms. The minimum Gasteiger partial charge on any atom is -0.343 e. The van der Waals surface area contributed by atoms with Gasteiger partial charge in [0.15, 0.2) is 0 Å². The molecule has 3 aromatic rings. The summed E-state index contributed by atoms with van der Waals surface area (Å²) in [4.78, 5) is 3.96. The van der Waals surface area contributed by atoms with Crippen LogP contribution in [0.15, 0.2) is 48.8 Å². The topological polar surface area (TPSA) is 65.4 Å². The van der Waals surface area contributed by atoms with Crippen molar-refractivity contribution >= 4 is 10.9 Å². The Hall–Kier alpha value is -3.11. The van der Waals surface area contributed by atoms with E-state index in [9.17, 15) is 0 Å². The second kappa shape index (κ2) is 4.87. The maximum atomic E-state index is 8.98. The standard InChI is InChI=1S/C16H10N4/c17-9-12-1-2-14-4-6-20(16(14)8-12)11-13-3-5-19-15(7-13)10-18/h1-8H,11H2. The maximum Gasteiger partial charge on any atom is 0.140 e. The van der Waals surface area contributed by atoms with Crippen molar-refractivity contribution < 1.29 is 0 Å². The minimum atomic E-state index is 0.414. The number of fused-ring (bicyclic) bond motifs is 1. The van der Waals surface area contributed by atoms with Gasteiger partial charge in [-0.25, -0.2) is 4.98 Å². The summed E-state index contributed by atoms with van der Waals surface area (Å²) in [6, 6.07) is 15.5. The van der Waals surface area contributed by atoms with E-state index in [1.165, 1.54) is 0 Å². The lowest BCUT2D eigenvalue weighted by atomic mass is 10.2. The van der Waals surface area contributed by atoms with E-state index in [-0.39, 0.29) is 0 Å². The molecule has 0 saturated carbocycles. The lowest BCUT2D eigenvalue weighted by Crippen LogP contribution is -1.99. The van der Waals surface area contributed by atoms with E-state index in [2.05, 4.69) is 15.6 Å². The van der Waals surface area contributed by atoms with Gasteiger partial charge in [0.05, 0.1) is 11.6 Å². The number of nitrogens with zero attached hydrogens (tertiary/aromatic N) is 4. The fourth-order valence-corrected chi connectivity index (χ4v) is 2.22. The summed E-state index contributed by atoms with van der Waals surface area (Å²) in [5.74, 6) is 0. The first kappa shape index (κ1) is 12.0. The van der Waals surface area contributed by atoms with E-state index in [4.69, 9.17) is 10.5 Å². The molecule has 0 aliphatic rings. The fraction of sp³-hybridized carbons (Fsp3) is 0.0625. The summed E-state index contributed by atoms with van der Waals surface area (Å²) in [6.45, 7) is 0.648. The van der Waals surface area contributed by atoms with Crippen molar-refractivity contribution in [3.05, 3.63) is 65.6 Å². The van der Waals surface area contributed by atoms with Crippen LogP contribution < -0.4 is 0 Å². The van der Waals surface area contributed by atoms with Crippen LogP contribution in [0.5, 0.6) is 0 Å². The monoisotopic (exact) mass is 258 g/mol. The highest BCUT2D eigenvalue weighted by molar-refractivity contribution is 5.81. The van der Waals surface area contributed by atoms with E-state index in [1.807, 2.05) is 42.6 Å². The summed E-state index contributed by atoms with van der Waals surface area (Å²) < 4.78 is 2.06. The highest BCUT2D eigenvalue weighted by atomic mass is 14.9. The van der Waals surface area contributed by atoms with Crippen LogP contribution in [-0.4, -0.2) is 9.55 Å². The quantitative estimate of drug-likeness (QED) is 0.709. The lowest BCUT2D eigenvalue weighted by Gasteiger charge is -2.06. The zero-order valence-corrected chi connectivity index (χ0v) is 10.6. The molecule has 2 aromatic heterocycles. The van der Waals surface area contributed by atoms with Gasteiger partial charge in [-0.3, -0.25) is 0 Å². The molecule has 0 radical (unpaired) electrons. The van der Waals surface area contributed by atoms with Gasteiger partial charge in [-0.2, -0.15) is 10.5 Å². The zero-order valence-electron chi connectivity index (χ0n) is 10.6. The third kappa shape index (κ3) is 2.11. The second-order valence-corrected chi connectivity index (χ2v) is 4.49. The third-order valence-electron chi connectivity index (χ3n) is 3.19. The molecule has 0 fully saturated rings. The summed E-state index contributed by atoms with van der Waals surface area (Å²) >= 11 is 0. The van der Waals surface area contributed by atoms with Crippen LogP contribution in [0.4, 0.5) is 0 Å². The largest absolute Gasteiger partial charge is 0.343 e. The molecular weight excluding hydrogens is 248 g/mol. The average Bonchev–Trinajstić information content (AvgIpc) is 2.89. The van der Waals surface area contributed by atoms with Crippen molar-refractivity contribution in [1.82, 2.24) is 9.55 Å². The Morgan fingerprint density at radius 2 is 1.95 bits per heavy atom. The Labute approximate surface area is 116 Å². The van der Waals surface area contributed by atoms with Crippen LogP contribution in [-0.2, 0) is 6.54 Å². The molecule has 0 bridgehead atoms. The van der Waals surface area contributed by atoms with Gasteiger partial charge in [-0.1, -0.05) is 6.07 Å². The van der Waals surface area contributed by atoms with Gasteiger partial charge in [-0.05, 0) is 41.3 Å². The van der Waals surface area contributed by atoms with Crippen molar-refractivity contribution in [2.24, 2.45) is 0 Å². The fourth-order valence-electron chi connectivity index (χ4n) is 2.22. The molecule has 0 N–H and O–H groups in total. The number of hydrogen-bond acceptors (Lipinski definition) is 3. The minimum absolute atomic E-state index is 0.414. The maximum absolute atomic E-state index is 8.98. The first-order chi connectivity index (χ1) is 9.80. The van der Waals surface area contributed by atoms with E-state index in [0.717, 1.165) is 16.5 Å². The molecule has 2 heterocycles.